The standard InChI is InChI=1S/C46H27N3/c1-5-15-36-32(11-1)33-12-2-6-16-37(33)46(36)38-17-7-3-13-34(38)41-42(46)35-14-4-8-18-40(35)49-43(41)30-21-19-28(20-22-30)39-26-25-31-24-23-29-10-9-27-47-44(29)45(31)48-39/h1-27H. The molecule has 2 aliphatic rings. The molecular weight excluding hydrogens is 595 g/mol. The minimum atomic E-state index is -0.442. The van der Waals surface area contributed by atoms with Crippen molar-refractivity contribution in [2.24, 2.45) is 0 Å². The Balaban J connectivity index is 1.16. The van der Waals surface area contributed by atoms with Crippen molar-refractivity contribution in [3.05, 3.63) is 186 Å². The first-order valence-electron chi connectivity index (χ1n) is 16.8. The van der Waals surface area contributed by atoms with Gasteiger partial charge in [0.05, 0.1) is 33.4 Å². The average molecular weight is 622 g/mol. The Bertz CT molecular complexity index is 2790. The molecule has 2 aliphatic carbocycles. The number of benzene rings is 6. The molecule has 11 rings (SSSR count). The lowest BCUT2D eigenvalue weighted by Gasteiger charge is -2.31. The molecule has 0 bridgehead atoms. The second-order valence-electron chi connectivity index (χ2n) is 13.1. The molecule has 0 fully saturated rings. The van der Waals surface area contributed by atoms with E-state index in [-0.39, 0.29) is 0 Å². The predicted octanol–water partition coefficient (Wildman–Crippen LogP) is 11.0. The van der Waals surface area contributed by atoms with E-state index in [9.17, 15) is 0 Å². The van der Waals surface area contributed by atoms with E-state index in [1.54, 1.807) is 0 Å². The number of hydrogen-bond donors (Lipinski definition) is 0. The zero-order valence-electron chi connectivity index (χ0n) is 26.4. The molecule has 0 radical (unpaired) electrons. The van der Waals surface area contributed by atoms with Gasteiger partial charge in [0, 0.05) is 39.0 Å². The molecule has 0 N–H and O–H groups in total. The van der Waals surface area contributed by atoms with Crippen molar-refractivity contribution in [1.29, 1.82) is 0 Å². The molecule has 3 heterocycles. The average Bonchev–Trinajstić information content (AvgIpc) is 3.65. The van der Waals surface area contributed by atoms with E-state index in [2.05, 4.69) is 157 Å². The highest BCUT2D eigenvalue weighted by Crippen LogP contribution is 2.65. The summed E-state index contributed by atoms with van der Waals surface area (Å²) >= 11 is 0. The molecule has 6 aromatic carbocycles. The van der Waals surface area contributed by atoms with E-state index in [0.717, 1.165) is 49.8 Å². The molecule has 49 heavy (non-hydrogen) atoms. The van der Waals surface area contributed by atoms with E-state index in [4.69, 9.17) is 9.97 Å². The Morgan fingerprint density at radius 3 is 1.78 bits per heavy atom. The van der Waals surface area contributed by atoms with Gasteiger partial charge in [-0.3, -0.25) is 4.98 Å². The van der Waals surface area contributed by atoms with Gasteiger partial charge in [0.1, 0.15) is 0 Å². The van der Waals surface area contributed by atoms with Crippen LogP contribution in [-0.2, 0) is 5.41 Å². The third-order valence-electron chi connectivity index (χ3n) is 10.7. The molecular formula is C46H27N3. The normalized spacial score (nSPS) is 13.5. The summed E-state index contributed by atoms with van der Waals surface area (Å²) < 4.78 is 0. The van der Waals surface area contributed by atoms with E-state index in [1.165, 1.54) is 49.9 Å². The van der Waals surface area contributed by atoms with E-state index in [1.807, 2.05) is 12.3 Å². The third kappa shape index (κ3) is 3.49. The highest BCUT2D eigenvalue weighted by atomic mass is 14.8. The fraction of sp³-hybridized carbons (Fsp3) is 0.0217. The third-order valence-corrected chi connectivity index (χ3v) is 10.7. The van der Waals surface area contributed by atoms with Crippen LogP contribution in [0.4, 0.5) is 0 Å². The number of rotatable bonds is 2. The smallest absolute Gasteiger partial charge is 0.0972 e. The van der Waals surface area contributed by atoms with Crippen molar-refractivity contribution in [2.45, 2.75) is 5.41 Å². The van der Waals surface area contributed by atoms with Crippen LogP contribution in [0.15, 0.2) is 164 Å². The van der Waals surface area contributed by atoms with Crippen LogP contribution in [0, 0.1) is 0 Å². The number of nitrogens with zero attached hydrogens (tertiary/aromatic N) is 3. The van der Waals surface area contributed by atoms with Gasteiger partial charge >= 0.3 is 0 Å². The van der Waals surface area contributed by atoms with Gasteiger partial charge in [0.15, 0.2) is 0 Å². The summed E-state index contributed by atoms with van der Waals surface area (Å²) in [6.07, 6.45) is 1.84. The Morgan fingerprint density at radius 1 is 0.429 bits per heavy atom. The lowest BCUT2D eigenvalue weighted by molar-refractivity contribution is 0.801. The van der Waals surface area contributed by atoms with Crippen LogP contribution in [0.3, 0.4) is 0 Å². The first kappa shape index (κ1) is 26.6. The van der Waals surface area contributed by atoms with Crippen LogP contribution in [0.1, 0.15) is 22.3 Å². The first-order valence-corrected chi connectivity index (χ1v) is 16.8. The molecule has 226 valence electrons. The van der Waals surface area contributed by atoms with Gasteiger partial charge in [-0.05, 0) is 57.1 Å². The Morgan fingerprint density at radius 2 is 1.02 bits per heavy atom. The fourth-order valence-corrected chi connectivity index (χ4v) is 8.71. The van der Waals surface area contributed by atoms with Crippen molar-refractivity contribution >= 4 is 32.7 Å². The number of para-hydroxylation sites is 1. The van der Waals surface area contributed by atoms with Crippen LogP contribution in [-0.4, -0.2) is 15.0 Å². The summed E-state index contributed by atoms with van der Waals surface area (Å²) in [6, 6.07) is 56.9. The molecule has 3 heteroatoms. The molecule has 0 amide bonds. The molecule has 1 spiro atoms. The van der Waals surface area contributed by atoms with Gasteiger partial charge in [0.25, 0.3) is 0 Å². The molecule has 3 aromatic heterocycles. The van der Waals surface area contributed by atoms with Crippen molar-refractivity contribution in [3.8, 4) is 44.8 Å². The highest BCUT2D eigenvalue weighted by Gasteiger charge is 2.53. The maximum Gasteiger partial charge on any atom is 0.0972 e. The summed E-state index contributed by atoms with van der Waals surface area (Å²) in [7, 11) is 0. The lowest BCUT2D eigenvalue weighted by atomic mass is 9.69. The summed E-state index contributed by atoms with van der Waals surface area (Å²) in [4.78, 5) is 15.2. The zero-order valence-corrected chi connectivity index (χ0v) is 26.4. The quantitative estimate of drug-likeness (QED) is 0.180. The van der Waals surface area contributed by atoms with E-state index in [0.29, 0.717) is 0 Å². The van der Waals surface area contributed by atoms with Crippen LogP contribution in [0.25, 0.3) is 77.5 Å². The van der Waals surface area contributed by atoms with Crippen LogP contribution >= 0.6 is 0 Å². The fourth-order valence-electron chi connectivity index (χ4n) is 8.71. The maximum atomic E-state index is 5.44. The van der Waals surface area contributed by atoms with Gasteiger partial charge in [-0.2, -0.15) is 0 Å². The zero-order chi connectivity index (χ0) is 32.1. The van der Waals surface area contributed by atoms with Crippen LogP contribution in [0.2, 0.25) is 0 Å². The molecule has 0 aliphatic heterocycles. The largest absolute Gasteiger partial charge is 0.254 e. The molecule has 0 unspecified atom stereocenters. The minimum absolute atomic E-state index is 0.442. The maximum absolute atomic E-state index is 5.44. The summed E-state index contributed by atoms with van der Waals surface area (Å²) in [5.41, 5.74) is 16.9. The number of fused-ring (bicyclic) bond motifs is 15. The second kappa shape index (κ2) is 9.79. The minimum Gasteiger partial charge on any atom is -0.254 e. The lowest BCUT2D eigenvalue weighted by Crippen LogP contribution is -2.26. The Kier molecular flexibility index (Phi) is 5.31. The summed E-state index contributed by atoms with van der Waals surface area (Å²) in [5.74, 6) is 0. The van der Waals surface area contributed by atoms with Crippen molar-refractivity contribution in [1.82, 2.24) is 15.0 Å². The Hall–Kier alpha value is -6.45. The molecule has 0 atom stereocenters. The topological polar surface area (TPSA) is 38.7 Å². The molecule has 0 saturated carbocycles. The number of hydrogen-bond acceptors (Lipinski definition) is 3. The van der Waals surface area contributed by atoms with Crippen LogP contribution in [0.5, 0.6) is 0 Å². The SMILES string of the molecule is c1ccc2c(c1)-c1ccccc1C21c2ccccc2-c2c(-c3ccc(-c4ccc5ccc6cccnc6c5n4)cc3)nc3ccccc3c21. The van der Waals surface area contributed by atoms with Crippen molar-refractivity contribution < 1.29 is 0 Å². The van der Waals surface area contributed by atoms with Gasteiger partial charge in [-0.25, -0.2) is 9.97 Å². The van der Waals surface area contributed by atoms with E-state index < -0.39 is 5.41 Å². The summed E-state index contributed by atoms with van der Waals surface area (Å²) in [5, 5.41) is 3.38. The summed E-state index contributed by atoms with van der Waals surface area (Å²) in [6.45, 7) is 0. The van der Waals surface area contributed by atoms with Gasteiger partial charge in [-0.1, -0.05) is 140 Å². The van der Waals surface area contributed by atoms with Crippen LogP contribution < -0.4 is 0 Å². The number of pyridine rings is 3. The first-order chi connectivity index (χ1) is 24.3. The highest BCUT2D eigenvalue weighted by molar-refractivity contribution is 6.07. The predicted molar refractivity (Wildman–Crippen MR) is 200 cm³/mol. The van der Waals surface area contributed by atoms with Gasteiger partial charge < -0.3 is 0 Å². The molecule has 0 saturated heterocycles. The Labute approximate surface area is 283 Å². The van der Waals surface area contributed by atoms with Crippen molar-refractivity contribution in [3.63, 3.8) is 0 Å². The second-order valence-corrected chi connectivity index (χ2v) is 13.1. The molecule has 9 aromatic rings. The number of aromatic nitrogens is 3. The van der Waals surface area contributed by atoms with Crippen molar-refractivity contribution in [2.75, 3.05) is 0 Å². The molecule has 3 nitrogen and oxygen atoms in total. The van der Waals surface area contributed by atoms with E-state index >= 15 is 0 Å². The monoisotopic (exact) mass is 621 g/mol. The van der Waals surface area contributed by atoms with Gasteiger partial charge in [-0.15, -0.1) is 0 Å². The van der Waals surface area contributed by atoms with Gasteiger partial charge in [0.2, 0.25) is 0 Å².